The molecule has 1 aromatic rings. The molecule has 0 aliphatic heterocycles. The number of rotatable bonds is 9. The maximum atomic E-state index is 12.6. The Kier molecular flexibility index (Phi) is 6.53. The molecule has 0 radical (unpaired) electrons. The summed E-state index contributed by atoms with van der Waals surface area (Å²) in [7, 11) is 2.92. The number of sulfonamides is 1. The van der Waals surface area contributed by atoms with Crippen molar-refractivity contribution in [3.63, 3.8) is 0 Å². The summed E-state index contributed by atoms with van der Waals surface area (Å²) in [6.07, 6.45) is 4.08. The van der Waals surface area contributed by atoms with E-state index < -0.39 is 10.0 Å². The lowest BCUT2D eigenvalue weighted by atomic mass is 10.1. The highest BCUT2D eigenvalue weighted by Crippen LogP contribution is 2.17. The molecule has 122 valence electrons. The Balaban J connectivity index is 2.92. The molecule has 1 aromatic carbocycles. The smallest absolute Gasteiger partial charge is 0.243 e. The quantitative estimate of drug-likeness (QED) is 0.516. The molecule has 0 aliphatic carbocycles. The lowest BCUT2D eigenvalue weighted by Crippen LogP contribution is -2.36. The van der Waals surface area contributed by atoms with Crippen LogP contribution in [0.3, 0.4) is 0 Å². The zero-order valence-electron chi connectivity index (χ0n) is 13.8. The summed E-state index contributed by atoms with van der Waals surface area (Å²) in [4.78, 5) is 0.310. The summed E-state index contributed by atoms with van der Waals surface area (Å²) in [5, 5.41) is 0. The fourth-order valence-corrected chi connectivity index (χ4v) is 3.38. The first kappa shape index (κ1) is 18.6. The van der Waals surface area contributed by atoms with Crippen LogP contribution in [-0.2, 0) is 16.4 Å². The van der Waals surface area contributed by atoms with Gasteiger partial charge in [-0.1, -0.05) is 24.3 Å². The van der Waals surface area contributed by atoms with E-state index in [0.29, 0.717) is 4.90 Å². The number of likely N-dealkylation sites (N-methyl/N-ethyl adjacent to an activating group) is 1. The highest BCUT2D eigenvalue weighted by Gasteiger charge is 2.22. The van der Waals surface area contributed by atoms with Gasteiger partial charge < -0.3 is 4.48 Å². The Hall–Kier alpha value is -1.43. The lowest BCUT2D eigenvalue weighted by Gasteiger charge is -2.24. The zero-order valence-corrected chi connectivity index (χ0v) is 14.6. The zero-order chi connectivity index (χ0) is 16.8. The molecule has 0 atom stereocenters. The van der Waals surface area contributed by atoms with Crippen LogP contribution in [0.5, 0.6) is 0 Å². The second-order valence-electron chi connectivity index (χ2n) is 6.31. The predicted octanol–water partition coefficient (Wildman–Crippen LogP) is 2.30. The first-order valence-corrected chi connectivity index (χ1v) is 8.76. The molecule has 0 fully saturated rings. The van der Waals surface area contributed by atoms with Crippen molar-refractivity contribution in [1.29, 1.82) is 0 Å². The number of hydrogen-bond acceptors (Lipinski definition) is 2. The van der Waals surface area contributed by atoms with Gasteiger partial charge in [0.2, 0.25) is 10.0 Å². The third kappa shape index (κ3) is 5.40. The molecular formula is C17H27N2O2S+. The van der Waals surface area contributed by atoms with Gasteiger partial charge in [0.25, 0.3) is 0 Å². The first-order chi connectivity index (χ1) is 10.2. The molecule has 0 saturated carbocycles. The number of quaternary nitrogens is 1. The van der Waals surface area contributed by atoms with Crippen LogP contribution in [0.4, 0.5) is 0 Å². The van der Waals surface area contributed by atoms with Crippen LogP contribution in [0.15, 0.2) is 54.5 Å². The maximum Gasteiger partial charge on any atom is 0.243 e. The van der Waals surface area contributed by atoms with E-state index in [1.165, 1.54) is 4.31 Å². The summed E-state index contributed by atoms with van der Waals surface area (Å²) in [6.45, 7) is 8.77. The van der Waals surface area contributed by atoms with E-state index in [0.717, 1.165) is 23.0 Å². The van der Waals surface area contributed by atoms with E-state index in [4.69, 9.17) is 0 Å². The van der Waals surface area contributed by atoms with E-state index in [2.05, 4.69) is 34.3 Å². The largest absolute Gasteiger partial charge is 0.331 e. The van der Waals surface area contributed by atoms with E-state index in [-0.39, 0.29) is 13.1 Å². The molecule has 0 unspecified atom stereocenters. The minimum Gasteiger partial charge on any atom is -0.331 e. The van der Waals surface area contributed by atoms with Crippen molar-refractivity contribution in [2.75, 3.05) is 40.8 Å². The van der Waals surface area contributed by atoms with Crippen LogP contribution in [0, 0.1) is 0 Å². The monoisotopic (exact) mass is 323 g/mol. The van der Waals surface area contributed by atoms with E-state index in [1.807, 2.05) is 12.1 Å². The van der Waals surface area contributed by atoms with Crippen molar-refractivity contribution in [3.05, 3.63) is 55.1 Å². The normalized spacial score (nSPS) is 12.4. The van der Waals surface area contributed by atoms with Crippen molar-refractivity contribution in [2.45, 2.75) is 11.3 Å². The average Bonchev–Trinajstić information content (AvgIpc) is 2.44. The van der Waals surface area contributed by atoms with Gasteiger partial charge >= 0.3 is 0 Å². The van der Waals surface area contributed by atoms with Gasteiger partial charge in [0.1, 0.15) is 0 Å². The fraction of sp³-hybridized carbons (Fsp3) is 0.412. The number of hydrogen-bond donors (Lipinski definition) is 0. The van der Waals surface area contributed by atoms with Crippen LogP contribution in [0.25, 0.3) is 0 Å². The fourth-order valence-electron chi connectivity index (χ4n) is 2.00. The summed E-state index contributed by atoms with van der Waals surface area (Å²) in [5.74, 6) is 0. The summed E-state index contributed by atoms with van der Waals surface area (Å²) in [6, 6.07) is 7.14. The van der Waals surface area contributed by atoms with Gasteiger partial charge in [-0.25, -0.2) is 8.42 Å². The third-order valence-corrected chi connectivity index (χ3v) is 5.14. The van der Waals surface area contributed by atoms with Crippen LogP contribution >= 0.6 is 0 Å². The van der Waals surface area contributed by atoms with Gasteiger partial charge in [0, 0.05) is 19.5 Å². The van der Waals surface area contributed by atoms with Crippen molar-refractivity contribution in [2.24, 2.45) is 0 Å². The number of nitrogens with zero attached hydrogens (tertiary/aromatic N) is 2. The SMILES string of the molecule is C=CCN(CC=C)S(=O)(=O)c1ccc(CC[N+](C)(C)C)cc1. The molecule has 0 heterocycles. The van der Waals surface area contributed by atoms with Gasteiger partial charge in [-0.15, -0.1) is 13.2 Å². The van der Waals surface area contributed by atoms with Gasteiger partial charge in [0.05, 0.1) is 32.6 Å². The molecule has 0 N–H and O–H groups in total. The Morgan fingerprint density at radius 1 is 1.05 bits per heavy atom. The maximum absolute atomic E-state index is 12.6. The van der Waals surface area contributed by atoms with E-state index in [1.54, 1.807) is 24.3 Å². The summed E-state index contributed by atoms with van der Waals surface area (Å²) >= 11 is 0. The molecule has 0 aliphatic rings. The predicted molar refractivity (Wildman–Crippen MR) is 92.2 cm³/mol. The number of benzene rings is 1. The first-order valence-electron chi connectivity index (χ1n) is 7.32. The summed E-state index contributed by atoms with van der Waals surface area (Å²) in [5.41, 5.74) is 1.14. The standard InChI is InChI=1S/C17H27N2O2S/c1-6-13-18(14-7-2)22(20,21)17-10-8-16(9-11-17)12-15-19(3,4)5/h6-11H,1-2,12-15H2,3-5H3/q+1. The van der Waals surface area contributed by atoms with E-state index in [9.17, 15) is 8.42 Å². The van der Waals surface area contributed by atoms with Crippen LogP contribution < -0.4 is 0 Å². The Labute approximate surface area is 135 Å². The van der Waals surface area contributed by atoms with Crippen LogP contribution in [-0.4, -0.2) is 58.0 Å². The van der Waals surface area contributed by atoms with Crippen molar-refractivity contribution in [1.82, 2.24) is 4.31 Å². The lowest BCUT2D eigenvalue weighted by molar-refractivity contribution is -0.870. The minimum atomic E-state index is -3.50. The topological polar surface area (TPSA) is 37.4 Å². The molecule has 22 heavy (non-hydrogen) atoms. The molecule has 4 nitrogen and oxygen atoms in total. The Morgan fingerprint density at radius 3 is 1.95 bits per heavy atom. The molecule has 0 saturated heterocycles. The molecule has 0 bridgehead atoms. The van der Waals surface area contributed by atoms with Crippen molar-refractivity contribution >= 4 is 10.0 Å². The van der Waals surface area contributed by atoms with Gasteiger partial charge in [0.15, 0.2) is 0 Å². The molecule has 0 spiro atoms. The van der Waals surface area contributed by atoms with Gasteiger partial charge in [-0.2, -0.15) is 4.31 Å². The molecule has 5 heteroatoms. The van der Waals surface area contributed by atoms with Gasteiger partial charge in [-0.3, -0.25) is 0 Å². The molecular weight excluding hydrogens is 296 g/mol. The van der Waals surface area contributed by atoms with Crippen LogP contribution in [0.1, 0.15) is 5.56 Å². The van der Waals surface area contributed by atoms with Crippen molar-refractivity contribution in [3.8, 4) is 0 Å². The second kappa shape index (κ2) is 7.72. The van der Waals surface area contributed by atoms with Crippen molar-refractivity contribution < 1.29 is 12.9 Å². The Morgan fingerprint density at radius 2 is 1.55 bits per heavy atom. The van der Waals surface area contributed by atoms with Gasteiger partial charge in [-0.05, 0) is 17.7 Å². The minimum absolute atomic E-state index is 0.275. The molecule has 0 amide bonds. The highest BCUT2D eigenvalue weighted by molar-refractivity contribution is 7.89. The summed E-state index contributed by atoms with van der Waals surface area (Å²) < 4.78 is 27.4. The van der Waals surface area contributed by atoms with E-state index >= 15 is 0 Å². The van der Waals surface area contributed by atoms with Crippen LogP contribution in [0.2, 0.25) is 0 Å². The molecule has 0 aromatic heterocycles. The highest BCUT2D eigenvalue weighted by atomic mass is 32.2. The third-order valence-electron chi connectivity index (χ3n) is 3.30. The second-order valence-corrected chi connectivity index (χ2v) is 8.25. The average molecular weight is 323 g/mol. The Bertz CT molecular complexity index is 589. The molecule has 1 rings (SSSR count).